The maximum absolute atomic E-state index is 12.2. The van der Waals surface area contributed by atoms with Crippen LogP contribution >= 0.6 is 22.9 Å². The number of nitrogens with one attached hydrogen (secondary N) is 2. The number of ether oxygens (including phenoxy) is 2. The number of methoxy groups -OCH3 is 1. The molecule has 0 aliphatic rings. The summed E-state index contributed by atoms with van der Waals surface area (Å²) in [6.07, 6.45) is 1.72. The lowest BCUT2D eigenvalue weighted by Gasteiger charge is -2.23. The number of aryl methyl sites for hydroxylation is 1. The minimum absolute atomic E-state index is 0.169. The number of carbonyl (C=O) groups excluding carboxylic acids is 1. The van der Waals surface area contributed by atoms with Crippen molar-refractivity contribution >= 4 is 45.1 Å². The van der Waals surface area contributed by atoms with Gasteiger partial charge in [0.15, 0.2) is 0 Å². The Kier molecular flexibility index (Phi) is 7.40. The normalized spacial score (nSPS) is 12.7. The molecule has 0 saturated carbocycles. The van der Waals surface area contributed by atoms with Crippen molar-refractivity contribution in [3.63, 3.8) is 0 Å². The third-order valence-corrected chi connectivity index (χ3v) is 5.85. The number of rotatable bonds is 8. The number of halogens is 1. The lowest BCUT2D eigenvalue weighted by atomic mass is 10.1. The highest BCUT2D eigenvalue weighted by molar-refractivity contribution is 7.19. The molecule has 3 rings (SSSR count). The van der Waals surface area contributed by atoms with Gasteiger partial charge in [-0.05, 0) is 57.0 Å². The van der Waals surface area contributed by atoms with Crippen LogP contribution in [0.3, 0.4) is 0 Å². The quantitative estimate of drug-likeness (QED) is 0.453. The number of nitrogens with zero attached hydrogens (tertiary/aromatic N) is 2. The summed E-state index contributed by atoms with van der Waals surface area (Å²) in [5.41, 5.74) is 1.21. The Bertz CT molecular complexity index is 1030. The van der Waals surface area contributed by atoms with Gasteiger partial charge in [0.25, 0.3) is 0 Å². The van der Waals surface area contributed by atoms with Crippen LogP contribution in [-0.4, -0.2) is 41.4 Å². The molecule has 0 aliphatic carbocycles. The second-order valence-electron chi connectivity index (χ2n) is 8.10. The molecule has 0 fully saturated rings. The van der Waals surface area contributed by atoms with Crippen LogP contribution in [0, 0.1) is 6.92 Å². The van der Waals surface area contributed by atoms with Gasteiger partial charge in [0.1, 0.15) is 17.2 Å². The zero-order valence-corrected chi connectivity index (χ0v) is 19.8. The molecule has 3 aromatic rings. The third kappa shape index (κ3) is 6.32. The zero-order chi connectivity index (χ0) is 22.6. The van der Waals surface area contributed by atoms with Crippen molar-refractivity contribution < 1.29 is 18.7 Å². The van der Waals surface area contributed by atoms with Crippen LogP contribution in [-0.2, 0) is 22.4 Å². The summed E-state index contributed by atoms with van der Waals surface area (Å²) in [6, 6.07) is 3.46. The van der Waals surface area contributed by atoms with Gasteiger partial charge in [-0.2, -0.15) is 4.98 Å². The van der Waals surface area contributed by atoms with Crippen molar-refractivity contribution in [2.75, 3.05) is 19.0 Å². The van der Waals surface area contributed by atoms with E-state index in [1.165, 1.54) is 0 Å². The highest BCUT2D eigenvalue weighted by Crippen LogP contribution is 2.35. The van der Waals surface area contributed by atoms with Crippen molar-refractivity contribution in [2.45, 2.75) is 52.3 Å². The SMILES string of the molecule is COC[C@@H](Cc1sc2c(NCc3ccco3)nc(Cl)nc2c1C)NC(=O)OC(C)(C)C. The van der Waals surface area contributed by atoms with E-state index >= 15 is 0 Å². The van der Waals surface area contributed by atoms with Crippen LogP contribution < -0.4 is 10.6 Å². The van der Waals surface area contributed by atoms with Gasteiger partial charge in [-0.1, -0.05) is 0 Å². The van der Waals surface area contributed by atoms with E-state index in [2.05, 4.69) is 20.6 Å². The average Bonchev–Trinajstić information content (AvgIpc) is 3.28. The molecule has 0 aliphatic heterocycles. The Hall–Kier alpha value is -2.36. The number of aromatic nitrogens is 2. The lowest BCUT2D eigenvalue weighted by molar-refractivity contribution is 0.0469. The smallest absolute Gasteiger partial charge is 0.407 e. The van der Waals surface area contributed by atoms with Gasteiger partial charge in [-0.3, -0.25) is 0 Å². The summed E-state index contributed by atoms with van der Waals surface area (Å²) in [7, 11) is 1.60. The Morgan fingerprint density at radius 1 is 1.35 bits per heavy atom. The van der Waals surface area contributed by atoms with E-state index in [0.29, 0.717) is 25.4 Å². The first-order valence-electron chi connectivity index (χ1n) is 9.86. The largest absolute Gasteiger partial charge is 0.467 e. The van der Waals surface area contributed by atoms with E-state index in [0.717, 1.165) is 26.4 Å². The van der Waals surface area contributed by atoms with Gasteiger partial charge in [0.05, 0.1) is 35.7 Å². The Labute approximate surface area is 190 Å². The maximum atomic E-state index is 12.2. The van der Waals surface area contributed by atoms with E-state index in [9.17, 15) is 4.79 Å². The van der Waals surface area contributed by atoms with Crippen molar-refractivity contribution in [1.29, 1.82) is 0 Å². The first-order chi connectivity index (χ1) is 14.7. The molecule has 0 bridgehead atoms. The average molecular weight is 467 g/mol. The van der Waals surface area contributed by atoms with Gasteiger partial charge in [0.2, 0.25) is 5.28 Å². The number of thiophene rings is 1. The summed E-state index contributed by atoms with van der Waals surface area (Å²) in [4.78, 5) is 22.1. The number of fused-ring (bicyclic) bond motifs is 1. The predicted octanol–water partition coefficient (Wildman–Crippen LogP) is 4.94. The van der Waals surface area contributed by atoms with Gasteiger partial charge in [-0.15, -0.1) is 11.3 Å². The van der Waals surface area contributed by atoms with Crippen molar-refractivity contribution in [2.24, 2.45) is 0 Å². The number of hydrogen-bond donors (Lipinski definition) is 2. The van der Waals surface area contributed by atoms with Gasteiger partial charge < -0.3 is 24.5 Å². The fourth-order valence-corrected chi connectivity index (χ4v) is 4.51. The van der Waals surface area contributed by atoms with Crippen molar-refractivity contribution in [1.82, 2.24) is 15.3 Å². The van der Waals surface area contributed by atoms with Gasteiger partial charge in [0, 0.05) is 18.4 Å². The van der Waals surface area contributed by atoms with Crippen LogP contribution in [0.15, 0.2) is 22.8 Å². The summed E-state index contributed by atoms with van der Waals surface area (Å²) < 4.78 is 17.0. The minimum Gasteiger partial charge on any atom is -0.467 e. The monoisotopic (exact) mass is 466 g/mol. The van der Waals surface area contributed by atoms with Crippen molar-refractivity contribution in [3.8, 4) is 0 Å². The molecule has 31 heavy (non-hydrogen) atoms. The molecule has 3 heterocycles. The highest BCUT2D eigenvalue weighted by atomic mass is 35.5. The second-order valence-corrected chi connectivity index (χ2v) is 9.55. The van der Waals surface area contributed by atoms with Crippen LogP contribution in [0.1, 0.15) is 37.0 Å². The Balaban J connectivity index is 1.82. The van der Waals surface area contributed by atoms with Crippen LogP contribution in [0.5, 0.6) is 0 Å². The molecule has 168 valence electrons. The lowest BCUT2D eigenvalue weighted by Crippen LogP contribution is -2.42. The second kappa shape index (κ2) is 9.84. The predicted molar refractivity (Wildman–Crippen MR) is 122 cm³/mol. The molecule has 1 atom stereocenters. The first kappa shape index (κ1) is 23.3. The summed E-state index contributed by atoms with van der Waals surface area (Å²) in [5.74, 6) is 1.44. The van der Waals surface area contributed by atoms with E-state index in [4.69, 9.17) is 25.5 Å². The minimum atomic E-state index is -0.573. The van der Waals surface area contributed by atoms with Crippen molar-refractivity contribution in [3.05, 3.63) is 39.9 Å². The number of anilines is 1. The number of carbonyl (C=O) groups is 1. The van der Waals surface area contributed by atoms with Crippen LogP contribution in [0.4, 0.5) is 10.6 Å². The zero-order valence-electron chi connectivity index (χ0n) is 18.2. The molecule has 10 heteroatoms. The molecule has 1 amide bonds. The van der Waals surface area contributed by atoms with E-state index in [-0.39, 0.29) is 11.3 Å². The molecular weight excluding hydrogens is 440 g/mol. The van der Waals surface area contributed by atoms with E-state index < -0.39 is 11.7 Å². The molecular formula is C21H27ClN4O4S. The Morgan fingerprint density at radius 2 is 2.13 bits per heavy atom. The maximum Gasteiger partial charge on any atom is 0.407 e. The molecule has 3 aromatic heterocycles. The third-order valence-electron chi connectivity index (χ3n) is 4.37. The number of hydrogen-bond acceptors (Lipinski definition) is 8. The molecule has 8 nitrogen and oxygen atoms in total. The number of amides is 1. The topological polar surface area (TPSA) is 98.5 Å². The number of furan rings is 1. The molecule has 0 radical (unpaired) electrons. The summed E-state index contributed by atoms with van der Waals surface area (Å²) in [6.45, 7) is 8.30. The molecule has 0 unspecified atom stereocenters. The van der Waals surface area contributed by atoms with Gasteiger partial charge >= 0.3 is 6.09 Å². The first-order valence-corrected chi connectivity index (χ1v) is 11.1. The standard InChI is InChI=1S/C21H27ClN4O4S/c1-12-15(9-13(11-28-5)24-20(27)30-21(2,3)4)31-17-16(12)25-19(22)26-18(17)23-10-14-7-6-8-29-14/h6-8,13H,9-11H2,1-5H3,(H,24,27)(H,23,25,26)/t13-/m1/s1. The van der Waals surface area contributed by atoms with Gasteiger partial charge in [-0.25, -0.2) is 9.78 Å². The summed E-state index contributed by atoms with van der Waals surface area (Å²) in [5, 5.41) is 6.34. The highest BCUT2D eigenvalue weighted by Gasteiger charge is 2.23. The van der Waals surface area contributed by atoms with E-state index in [1.54, 1.807) is 24.7 Å². The van der Waals surface area contributed by atoms with Crippen LogP contribution in [0.25, 0.3) is 10.2 Å². The van der Waals surface area contributed by atoms with E-state index in [1.807, 2.05) is 39.8 Å². The van der Waals surface area contributed by atoms with Crippen LogP contribution in [0.2, 0.25) is 5.28 Å². The summed E-state index contributed by atoms with van der Waals surface area (Å²) >= 11 is 7.74. The fourth-order valence-electron chi connectivity index (χ4n) is 3.06. The molecule has 2 N–H and O–H groups in total. The fraction of sp³-hybridized carbons (Fsp3) is 0.476. The Morgan fingerprint density at radius 3 is 2.77 bits per heavy atom. The molecule has 0 saturated heterocycles. The number of alkyl carbamates (subject to hydrolysis) is 1. The molecule has 0 spiro atoms. The molecule has 0 aromatic carbocycles.